The molecule has 0 bridgehead atoms. The van der Waals surface area contributed by atoms with Crippen LogP contribution >= 0.6 is 0 Å². The van der Waals surface area contributed by atoms with Gasteiger partial charge in [-0.05, 0) is 11.5 Å². The van der Waals surface area contributed by atoms with Crippen LogP contribution in [0.4, 0.5) is 0 Å². The van der Waals surface area contributed by atoms with Crippen LogP contribution in [0.1, 0.15) is 18.4 Å². The maximum atomic E-state index is 12.6. The first-order valence-electron chi connectivity index (χ1n) is 8.32. The van der Waals surface area contributed by atoms with Gasteiger partial charge in [0.05, 0.1) is 6.33 Å². The van der Waals surface area contributed by atoms with E-state index in [1.165, 1.54) is 17.9 Å². The van der Waals surface area contributed by atoms with Gasteiger partial charge in [-0.3, -0.25) is 14.2 Å². The molecule has 1 atom stereocenters. The van der Waals surface area contributed by atoms with Crippen molar-refractivity contribution in [1.29, 1.82) is 0 Å². The Bertz CT molecular complexity index is 1060. The third kappa shape index (κ3) is 3.17. The van der Waals surface area contributed by atoms with Gasteiger partial charge in [0.25, 0.3) is 5.56 Å². The molecule has 0 saturated heterocycles. The average Bonchev–Trinajstić information content (AvgIpc) is 3.04. The third-order valence-electron chi connectivity index (χ3n) is 4.48. The van der Waals surface area contributed by atoms with E-state index in [1.54, 1.807) is 11.6 Å². The van der Waals surface area contributed by atoms with Gasteiger partial charge >= 0.3 is 5.69 Å². The molecule has 2 aromatic heterocycles. The Balaban J connectivity index is 1.79. The molecular formula is C18H21N5O3. The van der Waals surface area contributed by atoms with Crippen molar-refractivity contribution in [3.05, 3.63) is 63.1 Å². The Morgan fingerprint density at radius 1 is 1.19 bits per heavy atom. The Hall–Kier alpha value is -3.16. The first-order chi connectivity index (χ1) is 12.4. The number of nitrogens with one attached hydrogen (secondary N) is 1. The van der Waals surface area contributed by atoms with E-state index in [2.05, 4.69) is 10.3 Å². The highest BCUT2D eigenvalue weighted by Gasteiger charge is 2.17. The van der Waals surface area contributed by atoms with E-state index in [1.807, 2.05) is 37.3 Å². The molecule has 0 saturated carbocycles. The summed E-state index contributed by atoms with van der Waals surface area (Å²) in [6, 6.07) is 9.81. The molecule has 0 spiro atoms. The molecule has 136 valence electrons. The quantitative estimate of drug-likeness (QED) is 0.715. The lowest BCUT2D eigenvalue weighted by molar-refractivity contribution is -0.121. The zero-order valence-corrected chi connectivity index (χ0v) is 15.0. The molecule has 1 amide bonds. The van der Waals surface area contributed by atoms with Crippen LogP contribution in [0.2, 0.25) is 0 Å². The zero-order valence-electron chi connectivity index (χ0n) is 15.0. The second kappa shape index (κ2) is 6.99. The molecule has 1 N–H and O–H groups in total. The van der Waals surface area contributed by atoms with Gasteiger partial charge in [0.1, 0.15) is 6.54 Å². The number of aryl methyl sites for hydroxylation is 2. The minimum absolute atomic E-state index is 0.124. The van der Waals surface area contributed by atoms with Gasteiger partial charge in [-0.15, -0.1) is 0 Å². The van der Waals surface area contributed by atoms with E-state index in [0.717, 1.165) is 10.1 Å². The molecule has 0 aliphatic heterocycles. The van der Waals surface area contributed by atoms with Crippen molar-refractivity contribution in [3.63, 3.8) is 0 Å². The minimum Gasteiger partial charge on any atom is -0.354 e. The monoisotopic (exact) mass is 355 g/mol. The second-order valence-corrected chi connectivity index (χ2v) is 6.38. The molecule has 0 aliphatic rings. The normalized spacial score (nSPS) is 12.3. The van der Waals surface area contributed by atoms with Gasteiger partial charge in [-0.25, -0.2) is 14.3 Å². The van der Waals surface area contributed by atoms with Gasteiger partial charge in [0.2, 0.25) is 5.91 Å². The molecule has 1 aromatic carbocycles. The molecule has 3 aromatic rings. The lowest BCUT2D eigenvalue weighted by Crippen LogP contribution is -2.44. The Labute approximate surface area is 149 Å². The molecular weight excluding hydrogens is 334 g/mol. The molecule has 8 heteroatoms. The fourth-order valence-electron chi connectivity index (χ4n) is 2.90. The van der Waals surface area contributed by atoms with E-state index >= 15 is 0 Å². The summed E-state index contributed by atoms with van der Waals surface area (Å²) < 4.78 is 3.76. The molecule has 3 rings (SSSR count). The predicted octanol–water partition coefficient (Wildman–Crippen LogP) is 0.354. The Kier molecular flexibility index (Phi) is 4.75. The molecule has 26 heavy (non-hydrogen) atoms. The summed E-state index contributed by atoms with van der Waals surface area (Å²) in [5, 5.41) is 2.79. The SMILES string of the molecule is C[C@H](CNC(=O)Cn1c(=O)c2c(ncn2C)n(C)c1=O)c1ccccc1. The van der Waals surface area contributed by atoms with Crippen LogP contribution in [0.5, 0.6) is 0 Å². The first-order valence-corrected chi connectivity index (χ1v) is 8.32. The van der Waals surface area contributed by atoms with Gasteiger partial charge in [-0.1, -0.05) is 37.3 Å². The number of nitrogens with zero attached hydrogens (tertiary/aromatic N) is 4. The molecule has 0 aliphatic carbocycles. The number of hydrogen-bond acceptors (Lipinski definition) is 4. The average molecular weight is 355 g/mol. The van der Waals surface area contributed by atoms with Crippen molar-refractivity contribution in [2.75, 3.05) is 6.54 Å². The van der Waals surface area contributed by atoms with E-state index in [9.17, 15) is 14.4 Å². The molecule has 0 radical (unpaired) electrons. The lowest BCUT2D eigenvalue weighted by Gasteiger charge is -2.14. The number of benzene rings is 1. The summed E-state index contributed by atoms with van der Waals surface area (Å²) in [6.45, 7) is 2.10. The molecule has 2 heterocycles. The van der Waals surface area contributed by atoms with E-state index in [4.69, 9.17) is 0 Å². The smallest absolute Gasteiger partial charge is 0.332 e. The third-order valence-corrected chi connectivity index (χ3v) is 4.48. The fraction of sp³-hybridized carbons (Fsp3) is 0.333. The number of hydrogen-bond donors (Lipinski definition) is 1. The van der Waals surface area contributed by atoms with Gasteiger partial charge in [0.15, 0.2) is 11.2 Å². The summed E-state index contributed by atoms with van der Waals surface area (Å²) in [6.07, 6.45) is 1.47. The highest BCUT2D eigenvalue weighted by molar-refractivity contribution is 5.76. The van der Waals surface area contributed by atoms with Gasteiger partial charge in [0, 0.05) is 20.6 Å². The summed E-state index contributed by atoms with van der Waals surface area (Å²) in [5.41, 5.74) is 0.619. The molecule has 0 fully saturated rings. The number of amides is 1. The van der Waals surface area contributed by atoms with Crippen molar-refractivity contribution < 1.29 is 4.79 Å². The summed E-state index contributed by atoms with van der Waals surface area (Å²) in [7, 11) is 3.20. The van der Waals surface area contributed by atoms with Crippen molar-refractivity contribution in [3.8, 4) is 0 Å². The van der Waals surface area contributed by atoms with E-state index in [0.29, 0.717) is 12.2 Å². The van der Waals surface area contributed by atoms with Crippen LogP contribution in [-0.2, 0) is 25.4 Å². The number of rotatable bonds is 5. The van der Waals surface area contributed by atoms with Gasteiger partial charge in [-0.2, -0.15) is 0 Å². The molecule has 8 nitrogen and oxygen atoms in total. The fourth-order valence-corrected chi connectivity index (χ4v) is 2.90. The first kappa shape index (κ1) is 17.7. The number of imidazole rings is 1. The zero-order chi connectivity index (χ0) is 18.8. The van der Waals surface area contributed by atoms with Gasteiger partial charge < -0.3 is 9.88 Å². The maximum absolute atomic E-state index is 12.6. The molecule has 0 unspecified atom stereocenters. The number of carbonyl (C=O) groups excluding carboxylic acids is 1. The number of fused-ring (bicyclic) bond motifs is 1. The lowest BCUT2D eigenvalue weighted by atomic mass is 10.0. The van der Waals surface area contributed by atoms with E-state index in [-0.39, 0.29) is 23.9 Å². The van der Waals surface area contributed by atoms with Crippen molar-refractivity contribution in [1.82, 2.24) is 24.0 Å². The minimum atomic E-state index is -0.563. The topological polar surface area (TPSA) is 90.9 Å². The van der Waals surface area contributed by atoms with Crippen LogP contribution in [-0.4, -0.2) is 31.1 Å². The second-order valence-electron chi connectivity index (χ2n) is 6.38. The largest absolute Gasteiger partial charge is 0.354 e. The summed E-state index contributed by atoms with van der Waals surface area (Å²) >= 11 is 0. The predicted molar refractivity (Wildman–Crippen MR) is 98.1 cm³/mol. The standard InChI is InChI=1S/C18H21N5O3/c1-12(13-7-5-4-6-8-13)9-19-14(24)10-23-17(25)15-16(20-11-21(15)2)22(3)18(23)26/h4-8,11-12H,9-10H2,1-3H3,(H,19,24)/t12-/m1/s1. The van der Waals surface area contributed by atoms with Crippen LogP contribution in [0.25, 0.3) is 11.2 Å². The van der Waals surface area contributed by atoms with Crippen LogP contribution < -0.4 is 16.6 Å². The highest BCUT2D eigenvalue weighted by Crippen LogP contribution is 2.12. The Morgan fingerprint density at radius 2 is 1.88 bits per heavy atom. The summed E-state index contributed by atoms with van der Waals surface area (Å²) in [4.78, 5) is 41.3. The van der Waals surface area contributed by atoms with E-state index < -0.39 is 11.2 Å². The van der Waals surface area contributed by atoms with Crippen molar-refractivity contribution in [2.45, 2.75) is 19.4 Å². The number of carbonyl (C=O) groups is 1. The van der Waals surface area contributed by atoms with Crippen LogP contribution in [0.3, 0.4) is 0 Å². The van der Waals surface area contributed by atoms with Crippen LogP contribution in [0, 0.1) is 0 Å². The number of aromatic nitrogens is 4. The highest BCUT2D eigenvalue weighted by atomic mass is 16.2. The van der Waals surface area contributed by atoms with Crippen molar-refractivity contribution >= 4 is 17.1 Å². The summed E-state index contributed by atoms with van der Waals surface area (Å²) in [5.74, 6) is -0.257. The van der Waals surface area contributed by atoms with Crippen molar-refractivity contribution in [2.24, 2.45) is 14.1 Å². The maximum Gasteiger partial charge on any atom is 0.332 e. The van der Waals surface area contributed by atoms with Crippen LogP contribution in [0.15, 0.2) is 46.2 Å². The Morgan fingerprint density at radius 3 is 2.58 bits per heavy atom.